The van der Waals surface area contributed by atoms with E-state index in [1.54, 1.807) is 5.57 Å². The van der Waals surface area contributed by atoms with Crippen molar-refractivity contribution in [2.75, 3.05) is 0 Å². The summed E-state index contributed by atoms with van der Waals surface area (Å²) >= 11 is 1.85. The van der Waals surface area contributed by atoms with Crippen LogP contribution in [0.1, 0.15) is 24.1 Å². The zero-order valence-electron chi connectivity index (χ0n) is 7.70. The monoisotopic (exact) mass is 193 g/mol. The van der Waals surface area contributed by atoms with Gasteiger partial charge in [0.15, 0.2) is 0 Å². The quantitative estimate of drug-likeness (QED) is 0.718. The Labute approximate surface area is 83.3 Å². The van der Waals surface area contributed by atoms with Crippen molar-refractivity contribution in [2.24, 2.45) is 5.73 Å². The lowest BCUT2D eigenvalue weighted by atomic mass is 9.94. The molecule has 0 bridgehead atoms. The first kappa shape index (κ1) is 8.97. The summed E-state index contributed by atoms with van der Waals surface area (Å²) in [6.07, 6.45) is 6.90. The minimum absolute atomic E-state index is 0.409. The maximum absolute atomic E-state index is 5.83. The minimum atomic E-state index is 0.409. The van der Waals surface area contributed by atoms with Gasteiger partial charge in [-0.05, 0) is 30.7 Å². The number of hydrogen-bond acceptors (Lipinski definition) is 2. The van der Waals surface area contributed by atoms with E-state index in [0.29, 0.717) is 6.04 Å². The lowest BCUT2D eigenvalue weighted by Gasteiger charge is -2.17. The Bertz CT molecular complexity index is 287. The molecule has 1 atom stereocenters. The van der Waals surface area contributed by atoms with Gasteiger partial charge >= 0.3 is 0 Å². The van der Waals surface area contributed by atoms with E-state index < -0.39 is 0 Å². The van der Waals surface area contributed by atoms with Crippen LogP contribution in [0.2, 0.25) is 0 Å². The first-order valence-corrected chi connectivity index (χ1v) is 5.68. The molecule has 2 heteroatoms. The third kappa shape index (κ3) is 2.42. The fourth-order valence-electron chi connectivity index (χ4n) is 1.71. The smallest absolute Gasteiger partial charge is 0.00856 e. The van der Waals surface area contributed by atoms with Crippen molar-refractivity contribution >= 4 is 11.3 Å². The fraction of sp³-hybridized carbons (Fsp3) is 0.455. The molecule has 0 aromatic carbocycles. The number of rotatable bonds is 2. The highest BCUT2D eigenvalue weighted by Crippen LogP contribution is 2.22. The topological polar surface area (TPSA) is 26.0 Å². The molecule has 70 valence electrons. The molecule has 2 N–H and O–H groups in total. The maximum atomic E-state index is 5.83. The van der Waals surface area contributed by atoms with Crippen LogP contribution >= 0.6 is 11.3 Å². The standard InChI is InChI=1S/C11H15NS/c12-10-5-3-9(4-6-10)8-11-2-1-7-13-11/h1-3,7,10H,4-6,8,12H2. The van der Waals surface area contributed by atoms with E-state index in [0.717, 1.165) is 19.3 Å². The highest BCUT2D eigenvalue weighted by molar-refractivity contribution is 7.09. The third-order valence-corrected chi connectivity index (χ3v) is 3.40. The molecule has 0 saturated carbocycles. The minimum Gasteiger partial charge on any atom is -0.327 e. The predicted molar refractivity (Wildman–Crippen MR) is 57.9 cm³/mol. The van der Waals surface area contributed by atoms with E-state index in [4.69, 9.17) is 5.73 Å². The van der Waals surface area contributed by atoms with Crippen LogP contribution in [0.15, 0.2) is 29.2 Å². The van der Waals surface area contributed by atoms with Gasteiger partial charge in [0.05, 0.1) is 0 Å². The van der Waals surface area contributed by atoms with Gasteiger partial charge in [-0.2, -0.15) is 0 Å². The van der Waals surface area contributed by atoms with E-state index in [9.17, 15) is 0 Å². The van der Waals surface area contributed by atoms with E-state index >= 15 is 0 Å². The summed E-state index contributed by atoms with van der Waals surface area (Å²) in [7, 11) is 0. The van der Waals surface area contributed by atoms with Gasteiger partial charge in [-0.15, -0.1) is 11.3 Å². The van der Waals surface area contributed by atoms with Crippen molar-refractivity contribution in [3.63, 3.8) is 0 Å². The van der Waals surface area contributed by atoms with E-state index in [-0.39, 0.29) is 0 Å². The Balaban J connectivity index is 1.96. The Morgan fingerprint density at radius 3 is 3.08 bits per heavy atom. The van der Waals surface area contributed by atoms with Crippen LogP contribution in [0.4, 0.5) is 0 Å². The van der Waals surface area contributed by atoms with Crippen molar-refractivity contribution in [3.8, 4) is 0 Å². The molecule has 0 saturated heterocycles. The molecule has 1 nitrogen and oxygen atoms in total. The van der Waals surface area contributed by atoms with Gasteiger partial charge in [-0.3, -0.25) is 0 Å². The molecule has 1 heterocycles. The summed E-state index contributed by atoms with van der Waals surface area (Å²) < 4.78 is 0. The second kappa shape index (κ2) is 4.07. The van der Waals surface area contributed by atoms with Crippen LogP contribution in [0.3, 0.4) is 0 Å². The average Bonchev–Trinajstić information content (AvgIpc) is 2.62. The average molecular weight is 193 g/mol. The number of allylic oxidation sites excluding steroid dienone is 1. The Kier molecular flexibility index (Phi) is 2.81. The molecule has 0 radical (unpaired) electrons. The largest absolute Gasteiger partial charge is 0.327 e. The summed E-state index contributed by atoms with van der Waals surface area (Å²) in [5.41, 5.74) is 7.40. The van der Waals surface area contributed by atoms with Crippen LogP contribution in [0.25, 0.3) is 0 Å². The molecule has 0 aliphatic heterocycles. The molecule has 13 heavy (non-hydrogen) atoms. The van der Waals surface area contributed by atoms with Gasteiger partial charge in [0, 0.05) is 17.3 Å². The Morgan fingerprint density at radius 1 is 1.54 bits per heavy atom. The molecule has 1 aromatic rings. The second-order valence-corrected chi connectivity index (χ2v) is 4.69. The van der Waals surface area contributed by atoms with Crippen LogP contribution in [-0.4, -0.2) is 6.04 Å². The van der Waals surface area contributed by atoms with Crippen LogP contribution in [0, 0.1) is 0 Å². The molecular formula is C11H15NS. The zero-order valence-corrected chi connectivity index (χ0v) is 8.52. The lowest BCUT2D eigenvalue weighted by molar-refractivity contribution is 0.584. The summed E-state index contributed by atoms with van der Waals surface area (Å²) in [6, 6.07) is 4.74. The van der Waals surface area contributed by atoms with E-state index in [1.165, 1.54) is 11.3 Å². The molecule has 1 aromatic heterocycles. The Morgan fingerprint density at radius 2 is 2.46 bits per heavy atom. The number of thiophene rings is 1. The van der Waals surface area contributed by atoms with Gasteiger partial charge in [-0.25, -0.2) is 0 Å². The van der Waals surface area contributed by atoms with Crippen molar-refractivity contribution in [2.45, 2.75) is 31.7 Å². The normalized spacial score (nSPS) is 22.8. The summed E-state index contributed by atoms with van der Waals surface area (Å²) in [5.74, 6) is 0. The molecular weight excluding hydrogens is 178 g/mol. The molecule has 1 unspecified atom stereocenters. The molecule has 1 aliphatic carbocycles. The summed E-state index contributed by atoms with van der Waals surface area (Å²) in [5, 5.41) is 2.14. The lowest BCUT2D eigenvalue weighted by Crippen LogP contribution is -2.21. The van der Waals surface area contributed by atoms with Crippen LogP contribution < -0.4 is 5.73 Å². The zero-order chi connectivity index (χ0) is 9.10. The van der Waals surface area contributed by atoms with Crippen LogP contribution in [-0.2, 0) is 6.42 Å². The summed E-state index contributed by atoms with van der Waals surface area (Å²) in [4.78, 5) is 1.47. The molecule has 0 spiro atoms. The Hall–Kier alpha value is -0.600. The van der Waals surface area contributed by atoms with Gasteiger partial charge in [0.25, 0.3) is 0 Å². The van der Waals surface area contributed by atoms with Gasteiger partial charge in [0.1, 0.15) is 0 Å². The number of hydrogen-bond donors (Lipinski definition) is 1. The highest BCUT2D eigenvalue weighted by atomic mass is 32.1. The van der Waals surface area contributed by atoms with Crippen molar-refractivity contribution < 1.29 is 0 Å². The van der Waals surface area contributed by atoms with E-state index in [1.807, 2.05) is 11.3 Å². The molecule has 0 fully saturated rings. The first-order chi connectivity index (χ1) is 6.34. The summed E-state index contributed by atoms with van der Waals surface area (Å²) in [6.45, 7) is 0. The van der Waals surface area contributed by atoms with Gasteiger partial charge in [0.2, 0.25) is 0 Å². The van der Waals surface area contributed by atoms with Gasteiger partial charge in [-0.1, -0.05) is 17.7 Å². The van der Waals surface area contributed by atoms with Crippen molar-refractivity contribution in [1.29, 1.82) is 0 Å². The first-order valence-electron chi connectivity index (χ1n) is 4.80. The molecule has 2 rings (SSSR count). The van der Waals surface area contributed by atoms with Crippen molar-refractivity contribution in [3.05, 3.63) is 34.0 Å². The van der Waals surface area contributed by atoms with Gasteiger partial charge < -0.3 is 5.73 Å². The van der Waals surface area contributed by atoms with Crippen molar-refractivity contribution in [1.82, 2.24) is 0 Å². The fourth-order valence-corrected chi connectivity index (χ4v) is 2.46. The molecule has 0 amide bonds. The SMILES string of the molecule is NC1CC=C(Cc2cccs2)CC1. The highest BCUT2D eigenvalue weighted by Gasteiger charge is 2.10. The van der Waals surface area contributed by atoms with E-state index in [2.05, 4.69) is 23.6 Å². The predicted octanol–water partition coefficient (Wildman–Crippen LogP) is 2.73. The maximum Gasteiger partial charge on any atom is 0.00856 e. The third-order valence-electron chi connectivity index (χ3n) is 2.53. The second-order valence-electron chi connectivity index (χ2n) is 3.65. The molecule has 1 aliphatic rings. The number of nitrogens with two attached hydrogens (primary N) is 1. The van der Waals surface area contributed by atoms with Crippen LogP contribution in [0.5, 0.6) is 0 Å².